The molecule has 2 nitrogen and oxygen atoms in total. The molecule has 0 bridgehead atoms. The van der Waals surface area contributed by atoms with E-state index < -0.39 is 5.60 Å². The van der Waals surface area contributed by atoms with E-state index in [9.17, 15) is 5.11 Å². The van der Waals surface area contributed by atoms with E-state index in [0.717, 1.165) is 6.42 Å². The molecule has 1 fully saturated rings. The smallest absolute Gasteiger partial charge is 0.0749 e. The first-order valence-corrected chi connectivity index (χ1v) is 10.2. The fourth-order valence-electron chi connectivity index (χ4n) is 4.89. The highest BCUT2D eigenvalue weighted by Crippen LogP contribution is 2.49. The summed E-state index contributed by atoms with van der Waals surface area (Å²) in [7, 11) is 2.20. The molecule has 1 aliphatic rings. The molecule has 1 heterocycles. The molecule has 0 spiro atoms. The van der Waals surface area contributed by atoms with Crippen LogP contribution in [0, 0.1) is 5.92 Å². The fraction of sp³-hybridized carbons (Fsp3) is 0.308. The standard InChI is InChI=1S/C26H29NO/c1-20-25(23-16-10-5-11-17-23)27(2)24(22-14-8-4-9-15-22)19-26(20,28)18-21-12-6-3-7-13-21/h3-17,20,24-25,28H,18-19H2,1-2H3/t20-,24+,25+,26-/m1/s1. The van der Waals surface area contributed by atoms with Gasteiger partial charge in [0.1, 0.15) is 0 Å². The van der Waals surface area contributed by atoms with Gasteiger partial charge in [0.2, 0.25) is 0 Å². The number of aliphatic hydroxyl groups is 1. The number of hydrogen-bond acceptors (Lipinski definition) is 2. The molecule has 1 saturated heterocycles. The zero-order chi connectivity index (χ0) is 19.6. The van der Waals surface area contributed by atoms with Gasteiger partial charge in [0.25, 0.3) is 0 Å². The lowest BCUT2D eigenvalue weighted by molar-refractivity contribution is -0.113. The third-order valence-electron chi connectivity index (χ3n) is 6.48. The van der Waals surface area contributed by atoms with Crippen LogP contribution >= 0.6 is 0 Å². The summed E-state index contributed by atoms with van der Waals surface area (Å²) in [5.41, 5.74) is 2.96. The van der Waals surface area contributed by atoms with Crippen molar-refractivity contribution in [2.75, 3.05) is 7.05 Å². The monoisotopic (exact) mass is 371 g/mol. The molecule has 1 aliphatic heterocycles. The fourth-order valence-corrected chi connectivity index (χ4v) is 4.89. The number of likely N-dealkylation sites (tertiary alicyclic amines) is 1. The average molecular weight is 372 g/mol. The second-order valence-electron chi connectivity index (χ2n) is 8.21. The van der Waals surface area contributed by atoms with Crippen molar-refractivity contribution < 1.29 is 5.11 Å². The number of benzene rings is 3. The van der Waals surface area contributed by atoms with Crippen LogP contribution in [0.1, 0.15) is 42.1 Å². The Balaban J connectivity index is 1.75. The van der Waals surface area contributed by atoms with E-state index in [2.05, 4.69) is 104 Å². The van der Waals surface area contributed by atoms with Crippen molar-refractivity contribution in [1.82, 2.24) is 4.90 Å². The van der Waals surface area contributed by atoms with Gasteiger partial charge in [0.05, 0.1) is 5.60 Å². The Morgan fingerprint density at radius 1 is 0.821 bits per heavy atom. The minimum atomic E-state index is -0.769. The highest BCUT2D eigenvalue weighted by atomic mass is 16.3. The van der Waals surface area contributed by atoms with Gasteiger partial charge in [-0.2, -0.15) is 0 Å². The first-order chi connectivity index (χ1) is 13.6. The summed E-state index contributed by atoms with van der Waals surface area (Å²) in [4.78, 5) is 2.45. The molecule has 2 heteroatoms. The maximum absolute atomic E-state index is 11.9. The van der Waals surface area contributed by atoms with Gasteiger partial charge in [-0.15, -0.1) is 0 Å². The maximum atomic E-state index is 11.9. The summed E-state index contributed by atoms with van der Waals surface area (Å²) < 4.78 is 0. The lowest BCUT2D eigenvalue weighted by atomic mass is 9.68. The van der Waals surface area contributed by atoms with Gasteiger partial charge in [-0.1, -0.05) is 97.9 Å². The van der Waals surface area contributed by atoms with Crippen LogP contribution in [0.5, 0.6) is 0 Å². The molecule has 0 unspecified atom stereocenters. The van der Waals surface area contributed by atoms with Gasteiger partial charge in [0, 0.05) is 24.4 Å². The molecular weight excluding hydrogens is 342 g/mol. The van der Waals surface area contributed by atoms with Gasteiger partial charge in [-0.3, -0.25) is 4.90 Å². The van der Waals surface area contributed by atoms with Gasteiger partial charge in [-0.05, 0) is 30.2 Å². The van der Waals surface area contributed by atoms with Crippen molar-refractivity contribution in [3.63, 3.8) is 0 Å². The Morgan fingerprint density at radius 2 is 1.32 bits per heavy atom. The van der Waals surface area contributed by atoms with E-state index in [4.69, 9.17) is 0 Å². The molecule has 4 rings (SSSR count). The van der Waals surface area contributed by atoms with Gasteiger partial charge in [0.15, 0.2) is 0 Å². The Kier molecular flexibility index (Phi) is 5.34. The summed E-state index contributed by atoms with van der Waals surface area (Å²) in [5, 5.41) is 11.9. The summed E-state index contributed by atoms with van der Waals surface area (Å²) in [5.74, 6) is 0.111. The van der Waals surface area contributed by atoms with Crippen LogP contribution in [0.15, 0.2) is 91.0 Å². The largest absolute Gasteiger partial charge is 0.389 e. The van der Waals surface area contributed by atoms with Crippen LogP contribution in [0.4, 0.5) is 0 Å². The zero-order valence-corrected chi connectivity index (χ0v) is 16.7. The van der Waals surface area contributed by atoms with Crippen molar-refractivity contribution in [2.24, 2.45) is 5.92 Å². The lowest BCUT2D eigenvalue weighted by Gasteiger charge is -2.52. The second kappa shape index (κ2) is 7.90. The van der Waals surface area contributed by atoms with Crippen LogP contribution < -0.4 is 0 Å². The summed E-state index contributed by atoms with van der Waals surface area (Å²) >= 11 is 0. The Morgan fingerprint density at radius 3 is 1.89 bits per heavy atom. The van der Waals surface area contributed by atoms with Crippen molar-refractivity contribution in [3.05, 3.63) is 108 Å². The van der Waals surface area contributed by atoms with E-state index in [-0.39, 0.29) is 18.0 Å². The normalized spacial score (nSPS) is 28.2. The van der Waals surface area contributed by atoms with Crippen molar-refractivity contribution in [3.8, 4) is 0 Å². The van der Waals surface area contributed by atoms with Gasteiger partial charge < -0.3 is 5.11 Å². The molecule has 4 atom stereocenters. The highest BCUT2D eigenvalue weighted by molar-refractivity contribution is 5.28. The summed E-state index contributed by atoms with van der Waals surface area (Å²) in [6.45, 7) is 2.21. The molecule has 0 radical (unpaired) electrons. The van der Waals surface area contributed by atoms with Crippen LogP contribution in [0.25, 0.3) is 0 Å². The molecule has 3 aromatic rings. The molecule has 0 saturated carbocycles. The summed E-state index contributed by atoms with van der Waals surface area (Å²) in [6, 6.07) is 32.0. The maximum Gasteiger partial charge on any atom is 0.0749 e. The lowest BCUT2D eigenvalue weighted by Crippen LogP contribution is -2.53. The quantitative estimate of drug-likeness (QED) is 0.662. The SMILES string of the molecule is C[C@@H]1[C@@H](c2ccccc2)N(C)[C@H](c2ccccc2)C[C@]1(O)Cc1ccccc1. The van der Waals surface area contributed by atoms with Crippen LogP contribution in [-0.4, -0.2) is 22.7 Å². The van der Waals surface area contributed by atoms with Crippen LogP contribution in [0.3, 0.4) is 0 Å². The van der Waals surface area contributed by atoms with Crippen LogP contribution in [0.2, 0.25) is 0 Å². The Bertz CT molecular complexity index is 880. The van der Waals surface area contributed by atoms with Crippen LogP contribution in [-0.2, 0) is 6.42 Å². The highest BCUT2D eigenvalue weighted by Gasteiger charge is 2.48. The van der Waals surface area contributed by atoms with Crippen molar-refractivity contribution in [1.29, 1.82) is 0 Å². The number of nitrogens with zero attached hydrogens (tertiary/aromatic N) is 1. The van der Waals surface area contributed by atoms with Gasteiger partial charge in [-0.25, -0.2) is 0 Å². The first kappa shape index (κ1) is 18.9. The molecule has 0 amide bonds. The first-order valence-electron chi connectivity index (χ1n) is 10.2. The van der Waals surface area contributed by atoms with Gasteiger partial charge >= 0.3 is 0 Å². The molecule has 28 heavy (non-hydrogen) atoms. The van der Waals surface area contributed by atoms with E-state index in [1.807, 2.05) is 6.07 Å². The van der Waals surface area contributed by atoms with E-state index in [1.54, 1.807) is 0 Å². The molecule has 1 N–H and O–H groups in total. The molecule has 0 aromatic heterocycles. The number of rotatable bonds is 4. The third-order valence-corrected chi connectivity index (χ3v) is 6.48. The molecule has 3 aromatic carbocycles. The number of hydrogen-bond donors (Lipinski definition) is 1. The minimum Gasteiger partial charge on any atom is -0.389 e. The zero-order valence-electron chi connectivity index (χ0n) is 16.7. The predicted molar refractivity (Wildman–Crippen MR) is 115 cm³/mol. The van der Waals surface area contributed by atoms with E-state index >= 15 is 0 Å². The Hall–Kier alpha value is -2.42. The molecule has 144 valence electrons. The third kappa shape index (κ3) is 3.63. The Labute approximate surface area is 168 Å². The summed E-state index contributed by atoms with van der Waals surface area (Å²) in [6.07, 6.45) is 1.41. The van der Waals surface area contributed by atoms with E-state index in [1.165, 1.54) is 16.7 Å². The van der Waals surface area contributed by atoms with Crippen molar-refractivity contribution in [2.45, 2.75) is 37.5 Å². The molecular formula is C26H29NO. The predicted octanol–water partition coefficient (Wildman–Crippen LogP) is 5.41. The van der Waals surface area contributed by atoms with Crippen molar-refractivity contribution >= 4 is 0 Å². The molecule has 0 aliphatic carbocycles. The average Bonchev–Trinajstić information content (AvgIpc) is 2.73. The number of piperidine rings is 1. The van der Waals surface area contributed by atoms with E-state index in [0.29, 0.717) is 6.42 Å². The topological polar surface area (TPSA) is 23.5 Å². The minimum absolute atomic E-state index is 0.111. The second-order valence-corrected chi connectivity index (χ2v) is 8.21.